The number of carbonyl (C=O) groups is 1. The van der Waals surface area contributed by atoms with E-state index in [1.165, 1.54) is 7.11 Å². The molecule has 3 rings (SSSR count). The van der Waals surface area contributed by atoms with Crippen LogP contribution in [0.5, 0.6) is 11.5 Å². The van der Waals surface area contributed by atoms with E-state index in [-0.39, 0.29) is 11.6 Å². The number of nitrogens with zero attached hydrogens (tertiary/aromatic N) is 2. The van der Waals surface area contributed by atoms with Gasteiger partial charge in [-0.2, -0.15) is 0 Å². The molecule has 0 unspecified atom stereocenters. The van der Waals surface area contributed by atoms with Crippen LogP contribution in [0.15, 0.2) is 42.5 Å². The zero-order chi connectivity index (χ0) is 21.0. The van der Waals surface area contributed by atoms with Gasteiger partial charge >= 0.3 is 0 Å². The van der Waals surface area contributed by atoms with Crippen molar-refractivity contribution in [2.24, 2.45) is 0 Å². The Labute approximate surface area is 170 Å². The first-order chi connectivity index (χ1) is 13.9. The lowest BCUT2D eigenvalue weighted by atomic mass is 10.1. The maximum absolute atomic E-state index is 12.8. The lowest BCUT2D eigenvalue weighted by molar-refractivity contribution is 0.102. The lowest BCUT2D eigenvalue weighted by Crippen LogP contribution is -2.16. The van der Waals surface area contributed by atoms with Crippen molar-refractivity contribution in [3.63, 3.8) is 0 Å². The Kier molecular flexibility index (Phi) is 5.97. The molecular weight excluding hydrogens is 368 g/mol. The Morgan fingerprint density at radius 3 is 2.31 bits per heavy atom. The molecule has 29 heavy (non-hydrogen) atoms. The zero-order valence-corrected chi connectivity index (χ0v) is 17.2. The first-order valence-electron chi connectivity index (χ1n) is 9.13. The molecule has 3 aromatic rings. The molecule has 0 bridgehead atoms. The Morgan fingerprint density at radius 1 is 0.931 bits per heavy atom. The molecule has 0 atom stereocenters. The van der Waals surface area contributed by atoms with E-state index < -0.39 is 0 Å². The number of hydrogen-bond donors (Lipinski definition) is 2. The van der Waals surface area contributed by atoms with E-state index in [0.717, 1.165) is 16.8 Å². The summed E-state index contributed by atoms with van der Waals surface area (Å²) in [4.78, 5) is 21.5. The standard InChI is InChI=1S/C22H24N4O3/c1-13-7-6-8-14(2)21(13)26-20-12-18(23-15(3)24-20)22(27)25-17-10-9-16(28-4)11-19(17)29-5/h6-12H,1-5H3,(H,25,27)(H,23,24,26). The summed E-state index contributed by atoms with van der Waals surface area (Å²) in [6, 6.07) is 12.8. The maximum atomic E-state index is 12.8. The van der Waals surface area contributed by atoms with Gasteiger partial charge in [-0.1, -0.05) is 18.2 Å². The van der Waals surface area contributed by atoms with Crippen LogP contribution in [0.1, 0.15) is 27.4 Å². The number of methoxy groups -OCH3 is 2. The smallest absolute Gasteiger partial charge is 0.274 e. The number of aryl methyl sites for hydroxylation is 3. The van der Waals surface area contributed by atoms with Gasteiger partial charge in [-0.3, -0.25) is 4.79 Å². The van der Waals surface area contributed by atoms with E-state index in [0.29, 0.717) is 28.8 Å². The Hall–Kier alpha value is -3.61. The van der Waals surface area contributed by atoms with Gasteiger partial charge in [0.2, 0.25) is 0 Å². The van der Waals surface area contributed by atoms with Crippen molar-refractivity contribution in [3.05, 3.63) is 65.1 Å². The number of carbonyl (C=O) groups excluding carboxylic acids is 1. The van der Waals surface area contributed by atoms with Gasteiger partial charge in [-0.15, -0.1) is 0 Å². The summed E-state index contributed by atoms with van der Waals surface area (Å²) in [5, 5.41) is 6.14. The number of benzene rings is 2. The van der Waals surface area contributed by atoms with Crippen molar-refractivity contribution in [1.29, 1.82) is 0 Å². The highest BCUT2D eigenvalue weighted by molar-refractivity contribution is 6.04. The Morgan fingerprint density at radius 2 is 1.66 bits per heavy atom. The summed E-state index contributed by atoms with van der Waals surface area (Å²) in [6.45, 7) is 5.79. The van der Waals surface area contributed by atoms with Crippen LogP contribution in [0.3, 0.4) is 0 Å². The van der Waals surface area contributed by atoms with Crippen molar-refractivity contribution in [2.45, 2.75) is 20.8 Å². The van der Waals surface area contributed by atoms with Crippen LogP contribution in [-0.2, 0) is 0 Å². The van der Waals surface area contributed by atoms with E-state index >= 15 is 0 Å². The third-order valence-corrected chi connectivity index (χ3v) is 4.46. The quantitative estimate of drug-likeness (QED) is 0.646. The van der Waals surface area contributed by atoms with E-state index in [1.807, 2.05) is 32.0 Å². The van der Waals surface area contributed by atoms with E-state index in [9.17, 15) is 4.79 Å². The Bertz CT molecular complexity index is 1030. The molecule has 1 aromatic heterocycles. The van der Waals surface area contributed by atoms with Crippen molar-refractivity contribution in [3.8, 4) is 11.5 Å². The molecule has 0 aliphatic carbocycles. The number of ether oxygens (including phenoxy) is 2. The normalized spacial score (nSPS) is 10.4. The molecule has 2 aromatic carbocycles. The van der Waals surface area contributed by atoms with E-state index in [2.05, 4.69) is 20.6 Å². The van der Waals surface area contributed by atoms with E-state index in [1.54, 1.807) is 38.3 Å². The average Bonchev–Trinajstić information content (AvgIpc) is 2.70. The largest absolute Gasteiger partial charge is 0.497 e. The van der Waals surface area contributed by atoms with Gasteiger partial charge in [-0.05, 0) is 44.0 Å². The highest BCUT2D eigenvalue weighted by Crippen LogP contribution is 2.29. The summed E-state index contributed by atoms with van der Waals surface area (Å²) in [5.74, 6) is 1.83. The fourth-order valence-corrected chi connectivity index (χ4v) is 2.98. The summed E-state index contributed by atoms with van der Waals surface area (Å²) >= 11 is 0. The molecular formula is C22H24N4O3. The van der Waals surface area contributed by atoms with Crippen LogP contribution in [0.2, 0.25) is 0 Å². The fraction of sp³-hybridized carbons (Fsp3) is 0.227. The number of para-hydroxylation sites is 1. The molecule has 7 heteroatoms. The molecule has 0 spiro atoms. The van der Waals surface area contributed by atoms with Crippen molar-refractivity contribution < 1.29 is 14.3 Å². The Balaban J connectivity index is 1.87. The molecule has 0 fully saturated rings. The summed E-state index contributed by atoms with van der Waals surface area (Å²) in [7, 11) is 3.10. The van der Waals surface area contributed by atoms with Gasteiger partial charge in [0.25, 0.3) is 5.91 Å². The summed E-state index contributed by atoms with van der Waals surface area (Å²) < 4.78 is 10.5. The van der Waals surface area contributed by atoms with Crippen LogP contribution in [0.4, 0.5) is 17.2 Å². The first-order valence-corrected chi connectivity index (χ1v) is 9.13. The van der Waals surface area contributed by atoms with Gasteiger partial charge < -0.3 is 20.1 Å². The third kappa shape index (κ3) is 4.63. The molecule has 0 saturated carbocycles. The van der Waals surface area contributed by atoms with Crippen molar-refractivity contribution >= 4 is 23.1 Å². The number of nitrogens with one attached hydrogen (secondary N) is 2. The minimum Gasteiger partial charge on any atom is -0.497 e. The summed E-state index contributed by atoms with van der Waals surface area (Å²) in [5.41, 5.74) is 3.93. The van der Waals surface area contributed by atoms with E-state index in [4.69, 9.17) is 9.47 Å². The highest BCUT2D eigenvalue weighted by Gasteiger charge is 2.15. The second kappa shape index (κ2) is 8.60. The highest BCUT2D eigenvalue weighted by atomic mass is 16.5. The van der Waals surface area contributed by atoms with Crippen molar-refractivity contribution in [2.75, 3.05) is 24.9 Å². The number of rotatable bonds is 6. The molecule has 1 amide bonds. The molecule has 0 aliphatic heterocycles. The molecule has 0 aliphatic rings. The number of anilines is 3. The average molecular weight is 392 g/mol. The molecule has 0 saturated heterocycles. The SMILES string of the molecule is COc1ccc(NC(=O)c2cc(Nc3c(C)cccc3C)nc(C)n2)c(OC)c1. The number of amides is 1. The summed E-state index contributed by atoms with van der Waals surface area (Å²) in [6.07, 6.45) is 0. The monoisotopic (exact) mass is 392 g/mol. The second-order valence-corrected chi connectivity index (χ2v) is 6.60. The zero-order valence-electron chi connectivity index (χ0n) is 17.2. The minimum atomic E-state index is -0.358. The number of aromatic nitrogens is 2. The molecule has 150 valence electrons. The van der Waals surface area contributed by atoms with Crippen LogP contribution in [-0.4, -0.2) is 30.1 Å². The third-order valence-electron chi connectivity index (χ3n) is 4.46. The van der Waals surface area contributed by atoms with Crippen LogP contribution in [0.25, 0.3) is 0 Å². The van der Waals surface area contributed by atoms with Gasteiger partial charge in [0, 0.05) is 17.8 Å². The molecule has 2 N–H and O–H groups in total. The lowest BCUT2D eigenvalue weighted by Gasteiger charge is -2.14. The maximum Gasteiger partial charge on any atom is 0.274 e. The molecule has 0 radical (unpaired) electrons. The molecule has 7 nitrogen and oxygen atoms in total. The van der Waals surface area contributed by atoms with Gasteiger partial charge in [0.05, 0.1) is 19.9 Å². The van der Waals surface area contributed by atoms with Gasteiger partial charge in [0.15, 0.2) is 0 Å². The second-order valence-electron chi connectivity index (χ2n) is 6.60. The molecule has 1 heterocycles. The number of hydrogen-bond acceptors (Lipinski definition) is 6. The van der Waals surface area contributed by atoms with Crippen molar-refractivity contribution in [1.82, 2.24) is 9.97 Å². The van der Waals surface area contributed by atoms with Crippen LogP contribution in [0, 0.1) is 20.8 Å². The van der Waals surface area contributed by atoms with Gasteiger partial charge in [0.1, 0.15) is 28.8 Å². The topological polar surface area (TPSA) is 85.4 Å². The fourth-order valence-electron chi connectivity index (χ4n) is 2.98. The first kappa shape index (κ1) is 20.1. The minimum absolute atomic E-state index is 0.254. The van der Waals surface area contributed by atoms with Crippen LogP contribution >= 0.6 is 0 Å². The van der Waals surface area contributed by atoms with Crippen LogP contribution < -0.4 is 20.1 Å². The predicted octanol–water partition coefficient (Wildman–Crippen LogP) is 4.41. The predicted molar refractivity (Wildman–Crippen MR) is 113 cm³/mol. The van der Waals surface area contributed by atoms with Gasteiger partial charge in [-0.25, -0.2) is 9.97 Å².